The van der Waals surface area contributed by atoms with Gasteiger partial charge < -0.3 is 0 Å². The van der Waals surface area contributed by atoms with Crippen molar-refractivity contribution < 1.29 is 9.59 Å². The van der Waals surface area contributed by atoms with Gasteiger partial charge in [-0.25, -0.2) is 4.98 Å². The van der Waals surface area contributed by atoms with Crippen LogP contribution in [0.3, 0.4) is 0 Å². The van der Waals surface area contributed by atoms with Gasteiger partial charge in [-0.15, -0.1) is 0 Å². The average Bonchev–Trinajstić information content (AvgIpc) is 2.89. The first-order chi connectivity index (χ1) is 17.4. The molecule has 0 atom stereocenters. The number of carbonyl (C=O) groups excluding carboxylic acids is 2. The van der Waals surface area contributed by atoms with Crippen molar-refractivity contribution in [3.8, 4) is 33.5 Å². The number of halogens is 2. The fraction of sp³-hybridized carbons (Fsp3) is 0.0357. The predicted octanol–water partition coefficient (Wildman–Crippen LogP) is 6.33. The fourth-order valence-corrected chi connectivity index (χ4v) is 4.75. The molecule has 2 aromatic carbocycles. The molecule has 0 amide bonds. The number of fused-ring (bicyclic) bond motifs is 1. The molecule has 0 saturated carbocycles. The summed E-state index contributed by atoms with van der Waals surface area (Å²) in [6.07, 6.45) is 4.09. The first kappa shape index (κ1) is 23.6. The van der Waals surface area contributed by atoms with Gasteiger partial charge >= 0.3 is 0 Å². The molecule has 36 heavy (non-hydrogen) atoms. The van der Waals surface area contributed by atoms with Crippen LogP contribution >= 0.6 is 23.2 Å². The number of pyridine rings is 2. The minimum absolute atomic E-state index is 0.0136. The largest absolute Gasteiger partial charge is 0.298 e. The third-order valence-electron chi connectivity index (χ3n) is 5.99. The van der Waals surface area contributed by atoms with Crippen molar-refractivity contribution in [2.75, 3.05) is 0 Å². The Kier molecular flexibility index (Phi) is 6.22. The van der Waals surface area contributed by atoms with Crippen molar-refractivity contribution >= 4 is 41.4 Å². The number of hydrogen-bond acceptors (Lipinski definition) is 5. The van der Waals surface area contributed by atoms with E-state index in [-0.39, 0.29) is 5.56 Å². The van der Waals surface area contributed by atoms with E-state index in [1.54, 1.807) is 37.4 Å². The van der Waals surface area contributed by atoms with Crippen LogP contribution < -0.4 is 5.56 Å². The van der Waals surface area contributed by atoms with Crippen LogP contribution in [-0.2, 0) is 0 Å². The van der Waals surface area contributed by atoms with E-state index in [2.05, 4.69) is 9.97 Å². The highest BCUT2D eigenvalue weighted by atomic mass is 35.5. The zero-order valence-corrected chi connectivity index (χ0v) is 20.4. The monoisotopic (exact) mass is 513 g/mol. The van der Waals surface area contributed by atoms with Gasteiger partial charge in [0.15, 0.2) is 12.6 Å². The van der Waals surface area contributed by atoms with E-state index in [1.807, 2.05) is 36.4 Å². The summed E-state index contributed by atoms with van der Waals surface area (Å²) in [4.78, 5) is 43.4. The van der Waals surface area contributed by atoms with Crippen LogP contribution in [0.4, 0.5) is 0 Å². The molecule has 6 nitrogen and oxygen atoms in total. The molecule has 8 heteroatoms. The summed E-state index contributed by atoms with van der Waals surface area (Å²) in [6, 6.07) is 18.2. The molecule has 0 N–H and O–H groups in total. The molecule has 0 aliphatic rings. The second-order valence-corrected chi connectivity index (χ2v) is 8.86. The van der Waals surface area contributed by atoms with Gasteiger partial charge in [0.1, 0.15) is 5.65 Å². The highest BCUT2D eigenvalue weighted by Crippen LogP contribution is 2.42. The summed E-state index contributed by atoms with van der Waals surface area (Å²) in [5.41, 5.74) is 5.39. The Morgan fingerprint density at radius 1 is 0.806 bits per heavy atom. The molecule has 0 radical (unpaired) electrons. The van der Waals surface area contributed by atoms with Crippen LogP contribution in [0.5, 0.6) is 0 Å². The molecular formula is C28H17Cl2N3O3. The lowest BCUT2D eigenvalue weighted by molar-refractivity contribution is 0.111. The Morgan fingerprint density at radius 3 is 2.11 bits per heavy atom. The van der Waals surface area contributed by atoms with Crippen LogP contribution in [0, 0.1) is 6.92 Å². The molecule has 0 unspecified atom stereocenters. The lowest BCUT2D eigenvalue weighted by Crippen LogP contribution is -2.18. The lowest BCUT2D eigenvalue weighted by Gasteiger charge is -2.14. The maximum atomic E-state index is 12.4. The van der Waals surface area contributed by atoms with Gasteiger partial charge in [0.05, 0.1) is 21.3 Å². The summed E-state index contributed by atoms with van der Waals surface area (Å²) in [5, 5.41) is 0.962. The van der Waals surface area contributed by atoms with E-state index in [0.717, 1.165) is 34.1 Å². The molecule has 0 saturated heterocycles. The summed E-state index contributed by atoms with van der Waals surface area (Å²) < 4.78 is 1.32. The van der Waals surface area contributed by atoms with E-state index < -0.39 is 5.56 Å². The van der Waals surface area contributed by atoms with Crippen molar-refractivity contribution in [1.82, 2.24) is 14.4 Å². The molecule has 5 aromatic rings. The predicted molar refractivity (Wildman–Crippen MR) is 141 cm³/mol. The van der Waals surface area contributed by atoms with E-state index in [9.17, 15) is 14.4 Å². The zero-order chi connectivity index (χ0) is 25.4. The maximum absolute atomic E-state index is 12.4. The van der Waals surface area contributed by atoms with E-state index >= 15 is 0 Å². The molecule has 0 fully saturated rings. The number of nitrogens with zero attached hydrogens (tertiary/aromatic N) is 3. The maximum Gasteiger partial charge on any atom is 0.268 e. The standard InChI is InChI=1S/C28H17Cl2N3O3/c1-16-18(14-34)8-9-24(32-16)23-7-3-6-22(27(23)30)21-5-2-4-20(26(21)29)17-10-11-33-25(12-17)31-13-19(15-35)28(33)36/h2-15H,1H3. The smallest absolute Gasteiger partial charge is 0.268 e. The van der Waals surface area contributed by atoms with Crippen molar-refractivity contribution in [2.24, 2.45) is 0 Å². The Hall–Kier alpha value is -4.13. The molecule has 0 aliphatic heterocycles. The molecular weight excluding hydrogens is 497 g/mol. The van der Waals surface area contributed by atoms with Gasteiger partial charge in [-0.2, -0.15) is 0 Å². The summed E-state index contributed by atoms with van der Waals surface area (Å²) >= 11 is 13.7. The van der Waals surface area contributed by atoms with Crippen LogP contribution in [0.1, 0.15) is 26.4 Å². The minimum atomic E-state index is -0.435. The number of aromatic nitrogens is 3. The van der Waals surface area contributed by atoms with E-state index in [4.69, 9.17) is 23.2 Å². The van der Waals surface area contributed by atoms with Crippen LogP contribution in [0.2, 0.25) is 10.0 Å². The molecule has 0 aliphatic carbocycles. The third kappa shape index (κ3) is 4.00. The van der Waals surface area contributed by atoms with E-state index in [0.29, 0.717) is 38.9 Å². The molecule has 176 valence electrons. The number of aldehydes is 2. The Bertz CT molecular complexity index is 1750. The van der Waals surface area contributed by atoms with Crippen LogP contribution in [0.15, 0.2) is 77.9 Å². The lowest BCUT2D eigenvalue weighted by atomic mass is 9.97. The second-order valence-electron chi connectivity index (χ2n) is 8.10. The Balaban J connectivity index is 1.62. The second kappa shape index (κ2) is 9.49. The van der Waals surface area contributed by atoms with E-state index in [1.165, 1.54) is 10.6 Å². The Labute approximate surface area is 215 Å². The van der Waals surface area contributed by atoms with Crippen molar-refractivity contribution in [3.63, 3.8) is 0 Å². The van der Waals surface area contributed by atoms with Gasteiger partial charge in [0, 0.05) is 45.9 Å². The number of rotatable bonds is 5. The van der Waals surface area contributed by atoms with Gasteiger partial charge in [0.25, 0.3) is 5.56 Å². The van der Waals surface area contributed by atoms with Crippen LogP contribution in [-0.4, -0.2) is 26.9 Å². The van der Waals surface area contributed by atoms with Crippen molar-refractivity contribution in [2.45, 2.75) is 6.92 Å². The third-order valence-corrected chi connectivity index (χ3v) is 6.81. The number of carbonyl (C=O) groups is 2. The van der Waals surface area contributed by atoms with Gasteiger partial charge in [-0.05, 0) is 36.8 Å². The molecule has 3 aromatic heterocycles. The highest BCUT2D eigenvalue weighted by molar-refractivity contribution is 6.39. The SMILES string of the molecule is Cc1nc(-c2cccc(-c3cccc(-c4ccn5c(=O)c(C=O)cnc5c4)c3Cl)c2Cl)ccc1C=O. The quantitative estimate of drug-likeness (QED) is 0.256. The van der Waals surface area contributed by atoms with Gasteiger partial charge in [0.2, 0.25) is 0 Å². The molecule has 0 spiro atoms. The summed E-state index contributed by atoms with van der Waals surface area (Å²) in [7, 11) is 0. The molecule has 0 bridgehead atoms. The topological polar surface area (TPSA) is 81.4 Å². The normalized spacial score (nSPS) is 11.0. The summed E-state index contributed by atoms with van der Waals surface area (Å²) in [6.45, 7) is 1.78. The van der Waals surface area contributed by atoms with Gasteiger partial charge in [-0.3, -0.25) is 23.8 Å². The first-order valence-electron chi connectivity index (χ1n) is 10.9. The average molecular weight is 514 g/mol. The fourth-order valence-electron chi connectivity index (χ4n) is 4.08. The summed E-state index contributed by atoms with van der Waals surface area (Å²) in [5.74, 6) is 0. The number of aryl methyl sites for hydroxylation is 1. The highest BCUT2D eigenvalue weighted by Gasteiger charge is 2.17. The molecule has 5 rings (SSSR count). The number of benzene rings is 2. The van der Waals surface area contributed by atoms with Gasteiger partial charge in [-0.1, -0.05) is 59.6 Å². The van der Waals surface area contributed by atoms with Crippen LogP contribution in [0.25, 0.3) is 39.2 Å². The van der Waals surface area contributed by atoms with Crippen molar-refractivity contribution in [3.05, 3.63) is 110 Å². The number of hydrogen-bond donors (Lipinski definition) is 0. The van der Waals surface area contributed by atoms with Crippen molar-refractivity contribution in [1.29, 1.82) is 0 Å². The zero-order valence-electron chi connectivity index (χ0n) is 18.9. The Morgan fingerprint density at radius 2 is 1.44 bits per heavy atom. The minimum Gasteiger partial charge on any atom is -0.298 e. The first-order valence-corrected chi connectivity index (χ1v) is 11.7. The molecule has 3 heterocycles.